The van der Waals surface area contributed by atoms with Gasteiger partial charge in [0.05, 0.1) is 16.4 Å². The van der Waals surface area contributed by atoms with Gasteiger partial charge in [0.25, 0.3) is 5.91 Å². The Bertz CT molecular complexity index is 567. The lowest BCUT2D eigenvalue weighted by atomic mass is 10.3. The van der Waals surface area contributed by atoms with Gasteiger partial charge in [-0.25, -0.2) is 0 Å². The van der Waals surface area contributed by atoms with E-state index in [4.69, 9.17) is 5.11 Å². The van der Waals surface area contributed by atoms with Gasteiger partial charge in [0, 0.05) is 25.4 Å². The lowest BCUT2D eigenvalue weighted by molar-refractivity contribution is -0.121. The normalized spacial score (nSPS) is 13.2. The number of nitrogens with one attached hydrogen (secondary N) is 2. The van der Waals surface area contributed by atoms with Crippen LogP contribution in [0.15, 0.2) is 12.1 Å². The summed E-state index contributed by atoms with van der Waals surface area (Å²) in [5, 5.41) is 14.2. The molecule has 21 heavy (non-hydrogen) atoms. The SMILES string of the molecule is O=C(CCNC(=O)c1ccc(C#CCCO)s1)NC1CC1. The Morgan fingerprint density at radius 3 is 2.90 bits per heavy atom. The van der Waals surface area contributed by atoms with Crippen LogP contribution in [0.25, 0.3) is 0 Å². The molecule has 2 amide bonds. The number of amides is 2. The molecule has 0 aromatic carbocycles. The molecular weight excluding hydrogens is 288 g/mol. The minimum Gasteiger partial charge on any atom is -0.395 e. The number of thiophene rings is 1. The van der Waals surface area contributed by atoms with E-state index in [1.807, 2.05) is 0 Å². The third kappa shape index (κ3) is 5.58. The molecule has 0 spiro atoms. The van der Waals surface area contributed by atoms with Crippen LogP contribution < -0.4 is 10.6 Å². The molecular formula is C15H18N2O3S. The summed E-state index contributed by atoms with van der Waals surface area (Å²) in [6, 6.07) is 3.85. The van der Waals surface area contributed by atoms with E-state index in [9.17, 15) is 9.59 Å². The number of hydrogen-bond acceptors (Lipinski definition) is 4. The second-order valence-electron chi connectivity index (χ2n) is 4.79. The first-order valence-electron chi connectivity index (χ1n) is 6.96. The van der Waals surface area contributed by atoms with Crippen LogP contribution in [0.3, 0.4) is 0 Å². The third-order valence-corrected chi connectivity index (χ3v) is 3.86. The molecule has 1 fully saturated rings. The van der Waals surface area contributed by atoms with Gasteiger partial charge in [-0.2, -0.15) is 0 Å². The Hall–Kier alpha value is -1.84. The van der Waals surface area contributed by atoms with Crippen LogP contribution in [-0.4, -0.2) is 36.1 Å². The molecule has 0 unspecified atom stereocenters. The third-order valence-electron chi connectivity index (χ3n) is 2.86. The Labute approximate surface area is 127 Å². The summed E-state index contributed by atoms with van der Waals surface area (Å²) in [5.41, 5.74) is 0. The van der Waals surface area contributed by atoms with Gasteiger partial charge in [0.15, 0.2) is 0 Å². The first-order chi connectivity index (χ1) is 10.2. The van der Waals surface area contributed by atoms with Crippen molar-refractivity contribution in [2.45, 2.75) is 31.7 Å². The Morgan fingerprint density at radius 2 is 2.19 bits per heavy atom. The van der Waals surface area contributed by atoms with E-state index >= 15 is 0 Å². The molecule has 0 radical (unpaired) electrons. The fraction of sp³-hybridized carbons (Fsp3) is 0.467. The quantitative estimate of drug-likeness (QED) is 0.683. The monoisotopic (exact) mass is 306 g/mol. The van der Waals surface area contributed by atoms with Crippen molar-refractivity contribution < 1.29 is 14.7 Å². The molecule has 0 bridgehead atoms. The first-order valence-corrected chi connectivity index (χ1v) is 7.78. The largest absolute Gasteiger partial charge is 0.395 e. The minimum absolute atomic E-state index is 0.0143. The highest BCUT2D eigenvalue weighted by molar-refractivity contribution is 7.14. The molecule has 1 aliphatic rings. The van der Waals surface area contributed by atoms with Crippen LogP contribution in [0.4, 0.5) is 0 Å². The van der Waals surface area contributed by atoms with Gasteiger partial charge in [0.2, 0.25) is 5.91 Å². The summed E-state index contributed by atoms with van der Waals surface area (Å²) in [6.45, 7) is 0.370. The van der Waals surface area contributed by atoms with E-state index in [-0.39, 0.29) is 18.4 Å². The maximum Gasteiger partial charge on any atom is 0.261 e. The standard InChI is InChI=1S/C15H18N2O3S/c18-10-2-1-3-12-6-7-13(21-12)15(20)16-9-8-14(19)17-11-4-5-11/h6-7,11,18H,2,4-5,8-10H2,(H,16,20)(H,17,19). The maximum atomic E-state index is 11.9. The molecule has 3 N–H and O–H groups in total. The molecule has 0 aliphatic heterocycles. The predicted molar refractivity (Wildman–Crippen MR) is 81.0 cm³/mol. The van der Waals surface area contributed by atoms with Gasteiger partial charge in [-0.15, -0.1) is 11.3 Å². The predicted octanol–water partition coefficient (Wildman–Crippen LogP) is 0.881. The number of aliphatic hydroxyl groups is 1. The topological polar surface area (TPSA) is 78.4 Å². The van der Waals surface area contributed by atoms with Crippen LogP contribution in [0.5, 0.6) is 0 Å². The Balaban J connectivity index is 1.72. The van der Waals surface area contributed by atoms with Gasteiger partial charge in [-0.1, -0.05) is 11.8 Å². The number of rotatable bonds is 6. The van der Waals surface area contributed by atoms with Crippen molar-refractivity contribution >= 4 is 23.2 Å². The van der Waals surface area contributed by atoms with Crippen molar-refractivity contribution in [3.05, 3.63) is 21.9 Å². The molecule has 6 heteroatoms. The molecule has 1 heterocycles. The summed E-state index contributed by atoms with van der Waals surface area (Å²) in [6.07, 6.45) is 2.85. The number of carbonyl (C=O) groups excluding carboxylic acids is 2. The smallest absolute Gasteiger partial charge is 0.261 e. The molecule has 1 aliphatic carbocycles. The van der Waals surface area contributed by atoms with Gasteiger partial charge >= 0.3 is 0 Å². The van der Waals surface area contributed by atoms with Crippen LogP contribution in [-0.2, 0) is 4.79 Å². The zero-order valence-electron chi connectivity index (χ0n) is 11.6. The van der Waals surface area contributed by atoms with Crippen LogP contribution >= 0.6 is 11.3 Å². The van der Waals surface area contributed by atoms with Crippen molar-refractivity contribution in [1.29, 1.82) is 0 Å². The summed E-state index contributed by atoms with van der Waals surface area (Å²) < 4.78 is 0. The summed E-state index contributed by atoms with van der Waals surface area (Å²) >= 11 is 1.30. The van der Waals surface area contributed by atoms with Crippen molar-refractivity contribution in [2.24, 2.45) is 0 Å². The zero-order valence-corrected chi connectivity index (χ0v) is 12.5. The van der Waals surface area contributed by atoms with E-state index < -0.39 is 0 Å². The average molecular weight is 306 g/mol. The molecule has 1 aromatic heterocycles. The first kappa shape index (κ1) is 15.5. The molecule has 1 aromatic rings. The van der Waals surface area contributed by atoms with Crippen LogP contribution in [0.2, 0.25) is 0 Å². The highest BCUT2D eigenvalue weighted by atomic mass is 32.1. The molecule has 0 saturated heterocycles. The summed E-state index contributed by atoms with van der Waals surface area (Å²) in [7, 11) is 0. The second kappa shape index (κ2) is 7.81. The highest BCUT2D eigenvalue weighted by Crippen LogP contribution is 2.18. The summed E-state index contributed by atoms with van der Waals surface area (Å²) in [5.74, 6) is 5.50. The molecule has 112 valence electrons. The number of aliphatic hydroxyl groups excluding tert-OH is 1. The fourth-order valence-corrected chi connectivity index (χ4v) is 2.43. The second-order valence-corrected chi connectivity index (χ2v) is 5.87. The van der Waals surface area contributed by atoms with E-state index in [1.165, 1.54) is 11.3 Å². The Kier molecular flexibility index (Phi) is 5.78. The van der Waals surface area contributed by atoms with Crippen molar-refractivity contribution in [3.63, 3.8) is 0 Å². The van der Waals surface area contributed by atoms with Gasteiger partial charge in [-0.05, 0) is 25.0 Å². The molecule has 5 nitrogen and oxygen atoms in total. The van der Waals surface area contributed by atoms with Gasteiger partial charge in [-0.3, -0.25) is 9.59 Å². The minimum atomic E-state index is -0.186. The molecule has 0 atom stereocenters. The van der Waals surface area contributed by atoms with Crippen molar-refractivity contribution in [1.82, 2.24) is 10.6 Å². The average Bonchev–Trinajstić information content (AvgIpc) is 3.14. The van der Waals surface area contributed by atoms with E-state index in [2.05, 4.69) is 22.5 Å². The number of carbonyl (C=O) groups is 2. The molecule has 1 saturated carbocycles. The van der Waals surface area contributed by atoms with Crippen molar-refractivity contribution in [2.75, 3.05) is 13.2 Å². The van der Waals surface area contributed by atoms with Crippen LogP contribution in [0, 0.1) is 11.8 Å². The molecule has 2 rings (SSSR count). The van der Waals surface area contributed by atoms with Crippen molar-refractivity contribution in [3.8, 4) is 11.8 Å². The van der Waals surface area contributed by atoms with Crippen LogP contribution in [0.1, 0.15) is 40.2 Å². The Morgan fingerprint density at radius 1 is 1.38 bits per heavy atom. The van der Waals surface area contributed by atoms with Gasteiger partial charge < -0.3 is 15.7 Å². The lowest BCUT2D eigenvalue weighted by Crippen LogP contribution is -2.31. The maximum absolute atomic E-state index is 11.9. The highest BCUT2D eigenvalue weighted by Gasteiger charge is 2.22. The lowest BCUT2D eigenvalue weighted by Gasteiger charge is -2.04. The van der Waals surface area contributed by atoms with Gasteiger partial charge in [0.1, 0.15) is 0 Å². The van der Waals surface area contributed by atoms with E-state index in [1.54, 1.807) is 12.1 Å². The van der Waals surface area contributed by atoms with E-state index in [0.29, 0.717) is 30.3 Å². The fourth-order valence-electron chi connectivity index (χ4n) is 1.64. The number of hydrogen-bond donors (Lipinski definition) is 3. The zero-order chi connectivity index (χ0) is 15.1. The van der Waals surface area contributed by atoms with E-state index in [0.717, 1.165) is 17.7 Å². The summed E-state index contributed by atoms with van der Waals surface area (Å²) in [4.78, 5) is 24.7.